The van der Waals surface area contributed by atoms with E-state index in [1.54, 1.807) is 0 Å². The van der Waals surface area contributed by atoms with E-state index in [1.165, 1.54) is 18.4 Å². The quantitative estimate of drug-likeness (QED) is 0.842. The molecule has 2 rings (SSSR count). The number of nitrogens with one attached hydrogen (secondary N) is 1. The zero-order valence-electron chi connectivity index (χ0n) is 9.32. The van der Waals surface area contributed by atoms with E-state index in [2.05, 4.69) is 39.4 Å². The lowest BCUT2D eigenvalue weighted by molar-refractivity contribution is 0.255. The summed E-state index contributed by atoms with van der Waals surface area (Å²) in [6, 6.07) is 8.76. The predicted octanol–water partition coefficient (Wildman–Crippen LogP) is 2.70. The second-order valence-corrected chi connectivity index (χ2v) is 5.28. The summed E-state index contributed by atoms with van der Waals surface area (Å²) < 4.78 is 1.15. The Kier molecular flexibility index (Phi) is 4.38. The molecular formula is C13H18BrNO. The molecule has 1 aliphatic rings. The van der Waals surface area contributed by atoms with Gasteiger partial charge in [-0.15, -0.1) is 0 Å². The monoisotopic (exact) mass is 283 g/mol. The molecule has 0 saturated heterocycles. The highest BCUT2D eigenvalue weighted by Gasteiger charge is 2.30. The van der Waals surface area contributed by atoms with Gasteiger partial charge in [0.2, 0.25) is 0 Å². The molecule has 1 saturated carbocycles. The second-order valence-electron chi connectivity index (χ2n) is 4.43. The Labute approximate surface area is 105 Å². The third-order valence-electron chi connectivity index (χ3n) is 3.14. The SMILES string of the molecule is OCCC(NCc1ccccc1Br)C1CC1. The number of aliphatic hydroxyl groups excluding tert-OH is 1. The lowest BCUT2D eigenvalue weighted by Gasteiger charge is -2.17. The molecule has 88 valence electrons. The molecule has 0 heterocycles. The van der Waals surface area contributed by atoms with E-state index in [4.69, 9.17) is 5.11 Å². The van der Waals surface area contributed by atoms with Crippen LogP contribution in [0.3, 0.4) is 0 Å². The van der Waals surface area contributed by atoms with Gasteiger partial charge in [0.25, 0.3) is 0 Å². The van der Waals surface area contributed by atoms with Crippen molar-refractivity contribution in [1.29, 1.82) is 0 Å². The Hall–Kier alpha value is -0.380. The smallest absolute Gasteiger partial charge is 0.0445 e. The summed E-state index contributed by atoms with van der Waals surface area (Å²) in [5, 5.41) is 12.6. The van der Waals surface area contributed by atoms with Gasteiger partial charge in [0.05, 0.1) is 0 Å². The Balaban J connectivity index is 1.87. The first-order chi connectivity index (χ1) is 7.81. The van der Waals surface area contributed by atoms with Crippen molar-refractivity contribution in [2.45, 2.75) is 31.8 Å². The summed E-state index contributed by atoms with van der Waals surface area (Å²) in [6.45, 7) is 1.16. The minimum Gasteiger partial charge on any atom is -0.396 e. The van der Waals surface area contributed by atoms with Crippen molar-refractivity contribution in [2.24, 2.45) is 5.92 Å². The van der Waals surface area contributed by atoms with Crippen LogP contribution in [0.4, 0.5) is 0 Å². The normalized spacial score (nSPS) is 17.4. The van der Waals surface area contributed by atoms with Crippen LogP contribution in [-0.4, -0.2) is 17.8 Å². The first kappa shape index (κ1) is 12.1. The summed E-state index contributed by atoms with van der Waals surface area (Å²) in [6.07, 6.45) is 3.50. The van der Waals surface area contributed by atoms with Crippen molar-refractivity contribution >= 4 is 15.9 Å². The van der Waals surface area contributed by atoms with Crippen LogP contribution in [-0.2, 0) is 6.54 Å². The van der Waals surface area contributed by atoms with Crippen molar-refractivity contribution in [2.75, 3.05) is 6.61 Å². The maximum atomic E-state index is 9.02. The molecular weight excluding hydrogens is 266 g/mol. The van der Waals surface area contributed by atoms with E-state index < -0.39 is 0 Å². The van der Waals surface area contributed by atoms with Crippen LogP contribution >= 0.6 is 15.9 Å². The van der Waals surface area contributed by atoms with Crippen molar-refractivity contribution in [3.05, 3.63) is 34.3 Å². The number of halogens is 1. The molecule has 0 radical (unpaired) electrons. The summed E-state index contributed by atoms with van der Waals surface area (Å²) in [4.78, 5) is 0. The standard InChI is InChI=1S/C13H18BrNO/c14-12-4-2-1-3-11(12)9-15-13(7-8-16)10-5-6-10/h1-4,10,13,15-16H,5-9H2. The van der Waals surface area contributed by atoms with Gasteiger partial charge in [-0.1, -0.05) is 34.1 Å². The van der Waals surface area contributed by atoms with Gasteiger partial charge in [-0.05, 0) is 36.8 Å². The molecule has 16 heavy (non-hydrogen) atoms. The van der Waals surface area contributed by atoms with E-state index in [0.29, 0.717) is 6.04 Å². The molecule has 1 aliphatic carbocycles. The van der Waals surface area contributed by atoms with E-state index in [9.17, 15) is 0 Å². The molecule has 0 amide bonds. The van der Waals surface area contributed by atoms with Crippen LogP contribution in [0.15, 0.2) is 28.7 Å². The van der Waals surface area contributed by atoms with Gasteiger partial charge < -0.3 is 10.4 Å². The first-order valence-electron chi connectivity index (χ1n) is 5.89. The highest BCUT2D eigenvalue weighted by Crippen LogP contribution is 2.34. The summed E-state index contributed by atoms with van der Waals surface area (Å²) in [7, 11) is 0. The van der Waals surface area contributed by atoms with Crippen LogP contribution in [0, 0.1) is 5.92 Å². The molecule has 0 bridgehead atoms. The largest absolute Gasteiger partial charge is 0.396 e. The average molecular weight is 284 g/mol. The number of hydrogen-bond acceptors (Lipinski definition) is 2. The summed E-state index contributed by atoms with van der Waals surface area (Å²) in [5.74, 6) is 0.787. The molecule has 3 heteroatoms. The highest BCUT2D eigenvalue weighted by molar-refractivity contribution is 9.10. The average Bonchev–Trinajstić information content (AvgIpc) is 3.10. The van der Waals surface area contributed by atoms with Crippen LogP contribution in [0.25, 0.3) is 0 Å². The Morgan fingerprint density at radius 2 is 2.12 bits per heavy atom. The Bertz CT molecular complexity index is 338. The maximum Gasteiger partial charge on any atom is 0.0445 e. The highest BCUT2D eigenvalue weighted by atomic mass is 79.9. The molecule has 2 nitrogen and oxygen atoms in total. The minimum atomic E-state index is 0.282. The molecule has 2 N–H and O–H groups in total. The van der Waals surface area contributed by atoms with Crippen molar-refractivity contribution in [1.82, 2.24) is 5.32 Å². The van der Waals surface area contributed by atoms with Gasteiger partial charge >= 0.3 is 0 Å². The molecule has 1 fully saturated rings. The predicted molar refractivity (Wildman–Crippen MR) is 69.2 cm³/mol. The fourth-order valence-electron chi connectivity index (χ4n) is 2.02. The van der Waals surface area contributed by atoms with Gasteiger partial charge in [-0.3, -0.25) is 0 Å². The molecule has 1 aromatic carbocycles. The van der Waals surface area contributed by atoms with Crippen LogP contribution < -0.4 is 5.32 Å². The number of benzene rings is 1. The topological polar surface area (TPSA) is 32.3 Å². The van der Waals surface area contributed by atoms with Crippen molar-refractivity contribution in [3.63, 3.8) is 0 Å². The molecule has 0 aliphatic heterocycles. The number of hydrogen-bond donors (Lipinski definition) is 2. The van der Waals surface area contributed by atoms with Crippen LogP contribution in [0.2, 0.25) is 0 Å². The third kappa shape index (κ3) is 3.30. The fraction of sp³-hybridized carbons (Fsp3) is 0.538. The van der Waals surface area contributed by atoms with Gasteiger partial charge in [-0.2, -0.15) is 0 Å². The molecule has 0 aromatic heterocycles. The van der Waals surface area contributed by atoms with Gasteiger partial charge in [0.1, 0.15) is 0 Å². The van der Waals surface area contributed by atoms with E-state index in [0.717, 1.165) is 23.4 Å². The molecule has 1 unspecified atom stereocenters. The summed E-state index contributed by atoms with van der Waals surface area (Å²) >= 11 is 3.55. The van der Waals surface area contributed by atoms with Crippen molar-refractivity contribution < 1.29 is 5.11 Å². The lowest BCUT2D eigenvalue weighted by atomic mass is 10.1. The number of rotatable bonds is 6. The van der Waals surface area contributed by atoms with E-state index in [1.807, 2.05) is 6.07 Å². The zero-order valence-corrected chi connectivity index (χ0v) is 10.9. The third-order valence-corrected chi connectivity index (χ3v) is 3.92. The Morgan fingerprint density at radius 3 is 2.75 bits per heavy atom. The van der Waals surface area contributed by atoms with Crippen LogP contribution in [0.1, 0.15) is 24.8 Å². The van der Waals surface area contributed by atoms with Crippen molar-refractivity contribution in [3.8, 4) is 0 Å². The lowest BCUT2D eigenvalue weighted by Crippen LogP contribution is -2.31. The second kappa shape index (κ2) is 5.80. The van der Waals surface area contributed by atoms with Crippen LogP contribution in [0.5, 0.6) is 0 Å². The van der Waals surface area contributed by atoms with Gasteiger partial charge in [-0.25, -0.2) is 0 Å². The van der Waals surface area contributed by atoms with E-state index in [-0.39, 0.29) is 6.61 Å². The maximum absolute atomic E-state index is 9.02. The fourth-order valence-corrected chi connectivity index (χ4v) is 2.45. The van der Waals surface area contributed by atoms with Gasteiger partial charge in [0.15, 0.2) is 0 Å². The molecule has 1 atom stereocenters. The minimum absolute atomic E-state index is 0.282. The molecule has 0 spiro atoms. The van der Waals surface area contributed by atoms with E-state index >= 15 is 0 Å². The summed E-state index contributed by atoms with van der Waals surface area (Å²) in [5.41, 5.74) is 1.28. The number of aliphatic hydroxyl groups is 1. The molecule has 1 aromatic rings. The zero-order chi connectivity index (χ0) is 11.4. The Morgan fingerprint density at radius 1 is 1.38 bits per heavy atom. The van der Waals surface area contributed by atoms with Gasteiger partial charge in [0, 0.05) is 23.7 Å². The first-order valence-corrected chi connectivity index (χ1v) is 6.68.